The minimum absolute atomic E-state index is 0.313. The van der Waals surface area contributed by atoms with Gasteiger partial charge in [0.1, 0.15) is 11.5 Å². The van der Waals surface area contributed by atoms with Crippen molar-refractivity contribution >= 4 is 17.5 Å². The fourth-order valence-electron chi connectivity index (χ4n) is 1.10. The number of amides is 2. The Morgan fingerprint density at radius 2 is 1.67 bits per heavy atom. The van der Waals surface area contributed by atoms with E-state index in [4.69, 9.17) is 5.73 Å². The minimum atomic E-state index is -1.24. The van der Waals surface area contributed by atoms with E-state index in [1.165, 1.54) is 0 Å². The number of rotatable bonds is 4. The molecule has 0 heterocycles. The molecule has 0 saturated heterocycles. The maximum Gasteiger partial charge on any atom is 0.243 e. The van der Waals surface area contributed by atoms with Crippen molar-refractivity contribution in [2.24, 2.45) is 5.73 Å². The Bertz CT molecular complexity index is 456. The molecule has 1 aromatic rings. The van der Waals surface area contributed by atoms with Crippen molar-refractivity contribution in [3.63, 3.8) is 0 Å². The van der Waals surface area contributed by atoms with Gasteiger partial charge in [-0.2, -0.15) is 0 Å². The highest BCUT2D eigenvalue weighted by atomic mass is 19.1. The first kappa shape index (κ1) is 14.0. The smallest absolute Gasteiger partial charge is 0.243 e. The van der Waals surface area contributed by atoms with E-state index in [0.29, 0.717) is 12.1 Å². The largest absolute Gasteiger partial charge is 0.346 e. The van der Waals surface area contributed by atoms with Crippen LogP contribution in [-0.2, 0) is 9.59 Å². The van der Waals surface area contributed by atoms with E-state index in [1.54, 1.807) is 0 Å². The predicted octanol–water partition coefficient (Wildman–Crippen LogP) is 0.117. The number of carbonyl (C=O) groups is 2. The van der Waals surface area contributed by atoms with Crippen molar-refractivity contribution in [3.05, 3.63) is 29.6 Å². The lowest BCUT2D eigenvalue weighted by molar-refractivity contribution is -0.123. The van der Waals surface area contributed by atoms with Crippen molar-refractivity contribution in [1.29, 1.82) is 0 Å². The van der Waals surface area contributed by atoms with Gasteiger partial charge in [0.15, 0.2) is 11.6 Å². The van der Waals surface area contributed by atoms with E-state index >= 15 is 0 Å². The number of hydrogen-bond donors (Lipinski definition) is 3. The first-order chi connectivity index (χ1) is 8.43. The lowest BCUT2D eigenvalue weighted by Crippen LogP contribution is -2.36. The molecular weight excluding hydrogens is 251 g/mol. The molecule has 0 aliphatic heterocycles. The number of benzene rings is 1. The average Bonchev–Trinajstić information content (AvgIpc) is 2.30. The fourth-order valence-corrected chi connectivity index (χ4v) is 1.10. The lowest BCUT2D eigenvalue weighted by atomic mass is 10.2. The van der Waals surface area contributed by atoms with E-state index in [9.17, 15) is 22.8 Å². The first-order valence-electron chi connectivity index (χ1n) is 4.85. The van der Waals surface area contributed by atoms with Gasteiger partial charge in [-0.25, -0.2) is 13.2 Å². The monoisotopic (exact) mass is 261 g/mol. The zero-order valence-corrected chi connectivity index (χ0v) is 9.10. The Balaban J connectivity index is 2.68. The standard InChI is InChI=1S/C10H10F3N3O2/c11-5-1-6(12)10(7(13)2-5)16-9(18)4-15-8(17)3-14/h1-2H,3-4,14H2,(H,15,17)(H,16,18). The molecule has 0 aliphatic rings. The third-order valence-corrected chi connectivity index (χ3v) is 1.90. The lowest BCUT2D eigenvalue weighted by Gasteiger charge is -2.08. The molecule has 5 nitrogen and oxygen atoms in total. The van der Waals surface area contributed by atoms with Crippen LogP contribution in [0.15, 0.2) is 12.1 Å². The van der Waals surface area contributed by atoms with Crippen molar-refractivity contribution in [3.8, 4) is 0 Å². The van der Waals surface area contributed by atoms with Crippen molar-refractivity contribution < 1.29 is 22.8 Å². The zero-order chi connectivity index (χ0) is 13.7. The van der Waals surface area contributed by atoms with Crippen LogP contribution in [0.25, 0.3) is 0 Å². The van der Waals surface area contributed by atoms with E-state index in [1.807, 2.05) is 5.32 Å². The molecule has 0 atom stereocenters. The van der Waals surface area contributed by atoms with E-state index in [2.05, 4.69) is 5.32 Å². The summed E-state index contributed by atoms with van der Waals surface area (Å²) in [4.78, 5) is 22.0. The van der Waals surface area contributed by atoms with E-state index in [0.717, 1.165) is 0 Å². The molecule has 0 unspecified atom stereocenters. The summed E-state index contributed by atoms with van der Waals surface area (Å²) in [5, 5.41) is 3.98. The molecule has 4 N–H and O–H groups in total. The van der Waals surface area contributed by atoms with Crippen LogP contribution in [-0.4, -0.2) is 24.9 Å². The number of carbonyl (C=O) groups excluding carboxylic acids is 2. The first-order valence-corrected chi connectivity index (χ1v) is 4.85. The number of nitrogens with two attached hydrogens (primary N) is 1. The summed E-state index contributed by atoms with van der Waals surface area (Å²) in [6, 6.07) is 0.855. The molecule has 1 rings (SSSR count). The molecule has 0 fully saturated rings. The van der Waals surface area contributed by atoms with Crippen molar-refractivity contribution in [1.82, 2.24) is 5.32 Å². The van der Waals surface area contributed by atoms with Crippen molar-refractivity contribution in [2.45, 2.75) is 0 Å². The molecular formula is C10H10F3N3O2. The number of nitrogens with one attached hydrogen (secondary N) is 2. The van der Waals surface area contributed by atoms with E-state index < -0.39 is 41.5 Å². The Morgan fingerprint density at radius 3 is 2.17 bits per heavy atom. The molecule has 0 radical (unpaired) electrons. The summed E-state index contributed by atoms with van der Waals surface area (Å²) >= 11 is 0. The molecule has 98 valence electrons. The van der Waals surface area contributed by atoms with Crippen LogP contribution >= 0.6 is 0 Å². The number of halogens is 3. The van der Waals surface area contributed by atoms with Crippen LogP contribution in [0.4, 0.5) is 18.9 Å². The zero-order valence-electron chi connectivity index (χ0n) is 9.10. The van der Waals surface area contributed by atoms with Crippen LogP contribution in [0.1, 0.15) is 0 Å². The topological polar surface area (TPSA) is 84.2 Å². The average molecular weight is 261 g/mol. The maximum absolute atomic E-state index is 13.1. The third-order valence-electron chi connectivity index (χ3n) is 1.90. The minimum Gasteiger partial charge on any atom is -0.346 e. The fraction of sp³-hybridized carbons (Fsp3) is 0.200. The van der Waals surface area contributed by atoms with Gasteiger partial charge in [0.2, 0.25) is 11.8 Å². The van der Waals surface area contributed by atoms with Crippen LogP contribution in [0.5, 0.6) is 0 Å². The Kier molecular flexibility index (Phi) is 4.67. The molecule has 0 spiro atoms. The molecule has 0 aliphatic carbocycles. The van der Waals surface area contributed by atoms with Gasteiger partial charge in [0, 0.05) is 12.1 Å². The van der Waals surface area contributed by atoms with Gasteiger partial charge >= 0.3 is 0 Å². The molecule has 18 heavy (non-hydrogen) atoms. The molecule has 0 bridgehead atoms. The summed E-state index contributed by atoms with van der Waals surface area (Å²) < 4.78 is 38.9. The van der Waals surface area contributed by atoms with Gasteiger partial charge in [-0.1, -0.05) is 0 Å². The molecule has 0 aromatic heterocycles. The predicted molar refractivity (Wildman–Crippen MR) is 57.0 cm³/mol. The van der Waals surface area contributed by atoms with Gasteiger partial charge in [-0.15, -0.1) is 0 Å². The highest BCUT2D eigenvalue weighted by Crippen LogP contribution is 2.19. The Labute approximate surface area is 100 Å². The van der Waals surface area contributed by atoms with Gasteiger partial charge in [0.25, 0.3) is 0 Å². The summed E-state index contributed by atoms with van der Waals surface area (Å²) in [6.07, 6.45) is 0. The Hall–Kier alpha value is -2.09. The third kappa shape index (κ3) is 3.74. The normalized spacial score (nSPS) is 10.0. The molecule has 2 amide bonds. The highest BCUT2D eigenvalue weighted by molar-refractivity contribution is 5.94. The molecule has 1 aromatic carbocycles. The summed E-state index contributed by atoms with van der Waals surface area (Å²) in [5.74, 6) is -5.04. The SMILES string of the molecule is NCC(=O)NCC(=O)Nc1c(F)cc(F)cc1F. The van der Waals surface area contributed by atoms with Gasteiger partial charge in [-0.05, 0) is 0 Å². The van der Waals surface area contributed by atoms with Gasteiger partial charge in [0.05, 0.1) is 13.1 Å². The van der Waals surface area contributed by atoms with Gasteiger partial charge in [-0.3, -0.25) is 9.59 Å². The maximum atomic E-state index is 13.1. The second-order valence-corrected chi connectivity index (χ2v) is 3.27. The summed E-state index contributed by atoms with van der Waals surface area (Å²) in [7, 11) is 0. The van der Waals surface area contributed by atoms with Gasteiger partial charge < -0.3 is 16.4 Å². The summed E-state index contributed by atoms with van der Waals surface area (Å²) in [5.41, 5.74) is 4.20. The van der Waals surface area contributed by atoms with E-state index in [-0.39, 0.29) is 6.54 Å². The van der Waals surface area contributed by atoms with Crippen LogP contribution in [0.3, 0.4) is 0 Å². The Morgan fingerprint density at radius 1 is 1.11 bits per heavy atom. The van der Waals surface area contributed by atoms with Crippen molar-refractivity contribution in [2.75, 3.05) is 18.4 Å². The van der Waals surface area contributed by atoms with Crippen LogP contribution < -0.4 is 16.4 Å². The number of hydrogen-bond acceptors (Lipinski definition) is 3. The second-order valence-electron chi connectivity index (χ2n) is 3.27. The molecule has 8 heteroatoms. The second kappa shape index (κ2) is 6.01. The highest BCUT2D eigenvalue weighted by Gasteiger charge is 2.14. The quantitative estimate of drug-likeness (QED) is 0.719. The van der Waals surface area contributed by atoms with Crippen LogP contribution in [0.2, 0.25) is 0 Å². The molecule has 0 saturated carbocycles. The summed E-state index contributed by atoms with van der Waals surface area (Å²) in [6.45, 7) is -0.807. The number of anilines is 1. The van der Waals surface area contributed by atoms with Crippen LogP contribution in [0, 0.1) is 17.5 Å².